The highest BCUT2D eigenvalue weighted by molar-refractivity contribution is 6.00. The van der Waals surface area contributed by atoms with Crippen molar-refractivity contribution in [3.05, 3.63) is 33.9 Å². The molecule has 0 saturated carbocycles. The van der Waals surface area contributed by atoms with E-state index < -0.39 is 11.9 Å². The molecule has 1 fully saturated rings. The fourth-order valence-corrected chi connectivity index (χ4v) is 3.72. The predicted octanol–water partition coefficient (Wildman–Crippen LogP) is 2.24. The van der Waals surface area contributed by atoms with Gasteiger partial charge in [0, 0.05) is 17.0 Å². The van der Waals surface area contributed by atoms with Crippen molar-refractivity contribution in [2.45, 2.75) is 32.8 Å². The molecule has 0 aliphatic carbocycles. The van der Waals surface area contributed by atoms with E-state index in [0.717, 1.165) is 22.3 Å². The summed E-state index contributed by atoms with van der Waals surface area (Å²) in [5.74, 6) is -0.751. The highest BCUT2D eigenvalue weighted by atomic mass is 16.5. The van der Waals surface area contributed by atoms with Crippen molar-refractivity contribution >= 4 is 17.6 Å². The van der Waals surface area contributed by atoms with Gasteiger partial charge in [-0.1, -0.05) is 11.6 Å². The van der Waals surface area contributed by atoms with E-state index in [0.29, 0.717) is 43.1 Å². The number of carbonyl (C=O) groups is 2. The number of esters is 1. The molecule has 2 aliphatic rings. The van der Waals surface area contributed by atoms with Gasteiger partial charge in [0.2, 0.25) is 0 Å². The van der Waals surface area contributed by atoms with Crippen molar-refractivity contribution in [3.8, 4) is 5.75 Å². The zero-order valence-corrected chi connectivity index (χ0v) is 15.0. The molecule has 0 aromatic heterocycles. The van der Waals surface area contributed by atoms with Crippen LogP contribution in [0.1, 0.15) is 39.9 Å². The van der Waals surface area contributed by atoms with Gasteiger partial charge in [-0.3, -0.25) is 4.79 Å². The molecule has 140 valence electrons. The maximum absolute atomic E-state index is 12.0. The standard InChI is InChI=1S/C19H23NO6/c1-10-14-9-26-19(23)16(14)17(20)13(18(10)24-2)4-3-11-5-6-25-8-12(11)7-15(21)22/h3,12H,4-9,20H2,1-2H3,(H,21,22). The third kappa shape index (κ3) is 3.26. The van der Waals surface area contributed by atoms with Crippen LogP contribution in [0, 0.1) is 12.8 Å². The monoisotopic (exact) mass is 361 g/mol. The Labute approximate surface area is 151 Å². The lowest BCUT2D eigenvalue weighted by atomic mass is 9.89. The van der Waals surface area contributed by atoms with Gasteiger partial charge in [0.05, 0.1) is 38.0 Å². The molecule has 2 heterocycles. The maximum atomic E-state index is 12.0. The number of anilines is 1. The lowest BCUT2D eigenvalue weighted by Gasteiger charge is -2.25. The molecule has 0 bridgehead atoms. The zero-order chi connectivity index (χ0) is 18.8. The van der Waals surface area contributed by atoms with E-state index in [1.165, 1.54) is 0 Å². The fraction of sp³-hybridized carbons (Fsp3) is 0.474. The van der Waals surface area contributed by atoms with Gasteiger partial charge >= 0.3 is 11.9 Å². The van der Waals surface area contributed by atoms with Gasteiger partial charge in [0.25, 0.3) is 0 Å². The molecule has 0 amide bonds. The number of nitrogens with two attached hydrogens (primary N) is 1. The van der Waals surface area contributed by atoms with Crippen LogP contribution in [-0.4, -0.2) is 37.4 Å². The Balaban J connectivity index is 1.96. The van der Waals surface area contributed by atoms with Crippen LogP contribution in [0.15, 0.2) is 11.6 Å². The third-order valence-electron chi connectivity index (χ3n) is 5.09. The summed E-state index contributed by atoms with van der Waals surface area (Å²) in [5, 5.41) is 9.09. The molecule has 7 nitrogen and oxygen atoms in total. The SMILES string of the molecule is COc1c(C)c2c(c(N)c1CC=C1CCOCC1CC(=O)O)C(=O)OC2. The average molecular weight is 361 g/mol. The van der Waals surface area contributed by atoms with Crippen LogP contribution >= 0.6 is 0 Å². The molecule has 1 saturated heterocycles. The van der Waals surface area contributed by atoms with E-state index in [1.807, 2.05) is 13.0 Å². The number of fused-ring (bicyclic) bond motifs is 1. The molecule has 7 heteroatoms. The van der Waals surface area contributed by atoms with Crippen LogP contribution in [0.25, 0.3) is 0 Å². The number of carboxylic acid groups (broad SMARTS) is 1. The number of cyclic esters (lactones) is 1. The molecule has 2 aliphatic heterocycles. The summed E-state index contributed by atoms with van der Waals surface area (Å²) >= 11 is 0. The number of rotatable bonds is 5. The van der Waals surface area contributed by atoms with Gasteiger partial charge in [-0.2, -0.15) is 0 Å². The van der Waals surface area contributed by atoms with Gasteiger partial charge in [-0.05, 0) is 25.3 Å². The molecule has 1 aromatic rings. The van der Waals surface area contributed by atoms with E-state index in [9.17, 15) is 9.59 Å². The third-order valence-corrected chi connectivity index (χ3v) is 5.09. The number of allylic oxidation sites excluding steroid dienone is 1. The second-order valence-electron chi connectivity index (χ2n) is 6.58. The number of hydrogen-bond acceptors (Lipinski definition) is 6. The van der Waals surface area contributed by atoms with Crippen LogP contribution in [0.3, 0.4) is 0 Å². The van der Waals surface area contributed by atoms with E-state index >= 15 is 0 Å². The average Bonchev–Trinajstić information content (AvgIpc) is 2.99. The smallest absolute Gasteiger partial charge is 0.341 e. The molecule has 1 atom stereocenters. The minimum Gasteiger partial charge on any atom is -0.496 e. The molecule has 1 unspecified atom stereocenters. The Bertz CT molecular complexity index is 783. The van der Waals surface area contributed by atoms with Crippen LogP contribution < -0.4 is 10.5 Å². The van der Waals surface area contributed by atoms with Crippen molar-refractivity contribution in [1.82, 2.24) is 0 Å². The van der Waals surface area contributed by atoms with Crippen molar-refractivity contribution < 1.29 is 28.9 Å². The molecule has 1 aromatic carbocycles. The molecule has 0 spiro atoms. The molecule has 3 rings (SSSR count). The summed E-state index contributed by atoms with van der Waals surface area (Å²) in [6.07, 6.45) is 3.18. The van der Waals surface area contributed by atoms with E-state index in [-0.39, 0.29) is 18.9 Å². The number of carbonyl (C=O) groups excluding carboxylic acids is 1. The Kier molecular flexibility index (Phi) is 5.18. The fourth-order valence-electron chi connectivity index (χ4n) is 3.72. The van der Waals surface area contributed by atoms with Gasteiger partial charge < -0.3 is 25.1 Å². The van der Waals surface area contributed by atoms with Crippen LogP contribution in [0.4, 0.5) is 5.69 Å². The lowest BCUT2D eigenvalue weighted by Crippen LogP contribution is -2.23. The summed E-state index contributed by atoms with van der Waals surface area (Å²) < 4.78 is 16.1. The summed E-state index contributed by atoms with van der Waals surface area (Å²) in [7, 11) is 1.57. The number of ether oxygens (including phenoxy) is 3. The van der Waals surface area contributed by atoms with Crippen molar-refractivity contribution in [3.63, 3.8) is 0 Å². The molecule has 3 N–H and O–H groups in total. The van der Waals surface area contributed by atoms with Crippen molar-refractivity contribution in [1.29, 1.82) is 0 Å². The largest absolute Gasteiger partial charge is 0.496 e. The Hall–Kier alpha value is -2.54. The number of nitrogen functional groups attached to an aromatic ring is 1. The van der Waals surface area contributed by atoms with Crippen LogP contribution in [-0.2, 0) is 27.3 Å². The summed E-state index contributed by atoms with van der Waals surface area (Å²) in [6, 6.07) is 0. The number of benzene rings is 1. The number of methoxy groups -OCH3 is 1. The lowest BCUT2D eigenvalue weighted by molar-refractivity contribution is -0.138. The van der Waals surface area contributed by atoms with E-state index in [4.69, 9.17) is 25.1 Å². The minimum atomic E-state index is -0.848. The number of hydrogen-bond donors (Lipinski definition) is 2. The summed E-state index contributed by atoms with van der Waals surface area (Å²) in [5.41, 5.74) is 10.5. The second kappa shape index (κ2) is 7.37. The first-order chi connectivity index (χ1) is 12.4. The summed E-state index contributed by atoms with van der Waals surface area (Å²) in [6.45, 7) is 3.07. The highest BCUT2D eigenvalue weighted by Gasteiger charge is 2.31. The Morgan fingerprint density at radius 2 is 2.23 bits per heavy atom. The Morgan fingerprint density at radius 1 is 1.46 bits per heavy atom. The highest BCUT2D eigenvalue weighted by Crippen LogP contribution is 2.40. The van der Waals surface area contributed by atoms with Crippen molar-refractivity contribution in [2.75, 3.05) is 26.1 Å². The molecular formula is C19H23NO6. The van der Waals surface area contributed by atoms with Gasteiger partial charge in [-0.25, -0.2) is 4.79 Å². The first kappa shape index (κ1) is 18.3. The second-order valence-corrected chi connectivity index (χ2v) is 6.58. The van der Waals surface area contributed by atoms with E-state index in [1.54, 1.807) is 7.11 Å². The summed E-state index contributed by atoms with van der Waals surface area (Å²) in [4.78, 5) is 23.1. The first-order valence-corrected chi connectivity index (χ1v) is 8.57. The van der Waals surface area contributed by atoms with E-state index in [2.05, 4.69) is 0 Å². The van der Waals surface area contributed by atoms with Crippen LogP contribution in [0.5, 0.6) is 5.75 Å². The maximum Gasteiger partial charge on any atom is 0.341 e. The van der Waals surface area contributed by atoms with Crippen LogP contribution in [0.2, 0.25) is 0 Å². The minimum absolute atomic E-state index is 0.0357. The molecule has 0 radical (unpaired) electrons. The van der Waals surface area contributed by atoms with Crippen molar-refractivity contribution in [2.24, 2.45) is 5.92 Å². The Morgan fingerprint density at radius 3 is 2.92 bits per heavy atom. The normalized spacial score (nSPS) is 20.8. The van der Waals surface area contributed by atoms with Gasteiger partial charge in [0.15, 0.2) is 0 Å². The zero-order valence-electron chi connectivity index (χ0n) is 15.0. The number of carboxylic acids is 1. The van der Waals surface area contributed by atoms with Gasteiger partial charge in [0.1, 0.15) is 12.4 Å². The molecule has 26 heavy (non-hydrogen) atoms. The quantitative estimate of drug-likeness (QED) is 0.470. The number of aliphatic carboxylic acids is 1. The molecular weight excluding hydrogens is 338 g/mol. The predicted molar refractivity (Wildman–Crippen MR) is 94.2 cm³/mol. The topological polar surface area (TPSA) is 108 Å². The first-order valence-electron chi connectivity index (χ1n) is 8.57. The van der Waals surface area contributed by atoms with Gasteiger partial charge in [-0.15, -0.1) is 0 Å².